The quantitative estimate of drug-likeness (QED) is 0.0978. The molecule has 0 saturated heterocycles. The van der Waals surface area contributed by atoms with E-state index in [1.807, 2.05) is 36.4 Å². The number of halogens is 2. The molecular formula is C41H50F2O. The van der Waals surface area contributed by atoms with Gasteiger partial charge in [0, 0.05) is 11.1 Å². The van der Waals surface area contributed by atoms with Crippen LogP contribution in [0.25, 0.3) is 33.4 Å². The fourth-order valence-corrected chi connectivity index (χ4v) is 5.79. The lowest BCUT2D eigenvalue weighted by atomic mass is 9.96. The van der Waals surface area contributed by atoms with Gasteiger partial charge in [0.15, 0.2) is 11.6 Å². The molecule has 0 aliphatic rings. The molecule has 0 heterocycles. The van der Waals surface area contributed by atoms with Crippen LogP contribution in [0.1, 0.15) is 103 Å². The summed E-state index contributed by atoms with van der Waals surface area (Å²) in [6.07, 6.45) is 17.6. The van der Waals surface area contributed by atoms with Crippen molar-refractivity contribution >= 4 is 0 Å². The summed E-state index contributed by atoms with van der Waals surface area (Å²) in [7, 11) is 0. The predicted molar refractivity (Wildman–Crippen MR) is 183 cm³/mol. The van der Waals surface area contributed by atoms with Gasteiger partial charge in [-0.25, -0.2) is 8.78 Å². The minimum absolute atomic E-state index is 0.252. The minimum atomic E-state index is -0.829. The second-order valence-corrected chi connectivity index (χ2v) is 12.1. The van der Waals surface area contributed by atoms with Gasteiger partial charge in [-0.1, -0.05) is 157 Å². The molecule has 3 heteroatoms. The third-order valence-electron chi connectivity index (χ3n) is 8.57. The zero-order valence-corrected chi connectivity index (χ0v) is 26.9. The van der Waals surface area contributed by atoms with Crippen LogP contribution in [0.3, 0.4) is 0 Å². The average molecular weight is 597 g/mol. The SMILES string of the molecule is CCCCCCCCCOc1ccc(-c2ccc(-c3ccc(-c4ccc(CCCCCCCC)cc4)cc3)c(F)c2F)cc1. The van der Waals surface area contributed by atoms with E-state index >= 15 is 8.78 Å². The summed E-state index contributed by atoms with van der Waals surface area (Å²) >= 11 is 0. The Labute approximate surface area is 264 Å². The molecule has 0 aliphatic carbocycles. The molecule has 0 saturated carbocycles. The predicted octanol–water partition coefficient (Wildman–Crippen LogP) is 13.0. The van der Waals surface area contributed by atoms with Crippen molar-refractivity contribution in [2.24, 2.45) is 0 Å². The number of ether oxygens (including phenoxy) is 1. The molecule has 0 amide bonds. The van der Waals surface area contributed by atoms with E-state index in [0.717, 1.165) is 29.7 Å². The fraction of sp³-hybridized carbons (Fsp3) is 0.415. The van der Waals surface area contributed by atoms with E-state index in [4.69, 9.17) is 4.74 Å². The Bertz CT molecular complexity index is 1370. The maximum atomic E-state index is 15.3. The van der Waals surface area contributed by atoms with Crippen molar-refractivity contribution in [3.05, 3.63) is 102 Å². The molecule has 4 aromatic rings. The lowest BCUT2D eigenvalue weighted by Crippen LogP contribution is -1.97. The van der Waals surface area contributed by atoms with E-state index in [-0.39, 0.29) is 11.1 Å². The molecule has 1 nitrogen and oxygen atoms in total. The lowest BCUT2D eigenvalue weighted by molar-refractivity contribution is 0.304. The first-order valence-corrected chi connectivity index (χ1v) is 17.0. The van der Waals surface area contributed by atoms with E-state index in [1.54, 1.807) is 24.3 Å². The zero-order valence-electron chi connectivity index (χ0n) is 26.9. The number of unbranched alkanes of at least 4 members (excludes halogenated alkanes) is 11. The molecular weight excluding hydrogens is 546 g/mol. The van der Waals surface area contributed by atoms with Crippen molar-refractivity contribution in [1.82, 2.24) is 0 Å². The first kappa shape index (κ1) is 33.4. The summed E-state index contributed by atoms with van der Waals surface area (Å²) in [5.74, 6) is -0.900. The Morgan fingerprint density at radius 3 is 1.36 bits per heavy atom. The van der Waals surface area contributed by atoms with Crippen LogP contribution in [0.15, 0.2) is 84.9 Å². The molecule has 0 radical (unpaired) electrons. The minimum Gasteiger partial charge on any atom is -0.494 e. The van der Waals surface area contributed by atoms with Gasteiger partial charge in [0.2, 0.25) is 0 Å². The summed E-state index contributed by atoms with van der Waals surface area (Å²) in [5.41, 5.74) is 5.36. The van der Waals surface area contributed by atoms with Crippen LogP contribution in [0.4, 0.5) is 8.78 Å². The Morgan fingerprint density at radius 1 is 0.432 bits per heavy atom. The number of hydrogen-bond donors (Lipinski definition) is 0. The first-order valence-electron chi connectivity index (χ1n) is 17.0. The van der Waals surface area contributed by atoms with Gasteiger partial charge in [0.1, 0.15) is 5.75 Å². The summed E-state index contributed by atoms with van der Waals surface area (Å²) in [6.45, 7) is 5.16. The topological polar surface area (TPSA) is 9.23 Å². The van der Waals surface area contributed by atoms with Gasteiger partial charge < -0.3 is 4.74 Å². The first-order chi connectivity index (χ1) is 21.6. The highest BCUT2D eigenvalue weighted by atomic mass is 19.2. The van der Waals surface area contributed by atoms with Crippen LogP contribution < -0.4 is 4.74 Å². The lowest BCUT2D eigenvalue weighted by Gasteiger charge is -2.11. The van der Waals surface area contributed by atoms with Gasteiger partial charge in [-0.2, -0.15) is 0 Å². The average Bonchev–Trinajstić information content (AvgIpc) is 3.06. The normalized spacial score (nSPS) is 11.2. The Kier molecular flexibility index (Phi) is 14.0. The molecule has 44 heavy (non-hydrogen) atoms. The zero-order chi connectivity index (χ0) is 31.0. The Hall–Kier alpha value is -3.46. The largest absolute Gasteiger partial charge is 0.494 e. The van der Waals surface area contributed by atoms with E-state index in [9.17, 15) is 0 Å². The second kappa shape index (κ2) is 18.4. The van der Waals surface area contributed by atoms with Crippen LogP contribution in [0, 0.1) is 11.6 Å². The molecule has 0 atom stereocenters. The molecule has 0 fully saturated rings. The van der Waals surface area contributed by atoms with Crippen LogP contribution in [0.5, 0.6) is 5.75 Å². The molecule has 0 aliphatic heterocycles. The molecule has 234 valence electrons. The van der Waals surface area contributed by atoms with Gasteiger partial charge in [-0.15, -0.1) is 0 Å². The van der Waals surface area contributed by atoms with Gasteiger partial charge in [0.05, 0.1) is 6.61 Å². The van der Waals surface area contributed by atoms with Crippen LogP contribution >= 0.6 is 0 Å². The van der Waals surface area contributed by atoms with Crippen molar-refractivity contribution in [2.45, 2.75) is 104 Å². The van der Waals surface area contributed by atoms with Gasteiger partial charge >= 0.3 is 0 Å². The molecule has 0 aromatic heterocycles. The third kappa shape index (κ3) is 10.0. The number of hydrogen-bond acceptors (Lipinski definition) is 1. The standard InChI is InChI=1S/C41H50F2O/c1-3-5-7-9-11-13-15-31-44-37-27-25-36(26-28-37)39-30-29-38(40(42)41(39)43)35-23-21-34(22-24-35)33-19-17-32(18-20-33)16-14-12-10-8-6-4-2/h17-30H,3-16,31H2,1-2H3. The molecule has 0 spiro atoms. The van der Waals surface area contributed by atoms with E-state index in [0.29, 0.717) is 17.7 Å². The van der Waals surface area contributed by atoms with E-state index < -0.39 is 11.6 Å². The second-order valence-electron chi connectivity index (χ2n) is 12.1. The maximum absolute atomic E-state index is 15.3. The number of aryl methyl sites for hydroxylation is 1. The third-order valence-corrected chi connectivity index (χ3v) is 8.57. The van der Waals surface area contributed by atoms with E-state index in [2.05, 4.69) is 38.1 Å². The van der Waals surface area contributed by atoms with Crippen LogP contribution in [0.2, 0.25) is 0 Å². The summed E-state index contributed by atoms with van der Waals surface area (Å²) in [4.78, 5) is 0. The summed E-state index contributed by atoms with van der Waals surface area (Å²) in [5, 5.41) is 0. The highest BCUT2D eigenvalue weighted by molar-refractivity contribution is 5.74. The molecule has 0 bridgehead atoms. The van der Waals surface area contributed by atoms with Crippen molar-refractivity contribution in [2.75, 3.05) is 6.61 Å². The van der Waals surface area contributed by atoms with Crippen molar-refractivity contribution in [1.29, 1.82) is 0 Å². The molecule has 4 rings (SSSR count). The van der Waals surface area contributed by atoms with Gasteiger partial charge in [-0.3, -0.25) is 0 Å². The van der Waals surface area contributed by atoms with Crippen molar-refractivity contribution in [3.8, 4) is 39.1 Å². The number of benzene rings is 4. The highest BCUT2D eigenvalue weighted by Crippen LogP contribution is 2.33. The molecule has 0 unspecified atom stereocenters. The van der Waals surface area contributed by atoms with Gasteiger partial charge in [0.25, 0.3) is 0 Å². The summed E-state index contributed by atoms with van der Waals surface area (Å²) < 4.78 is 36.4. The Morgan fingerprint density at radius 2 is 0.841 bits per heavy atom. The van der Waals surface area contributed by atoms with Crippen LogP contribution in [-0.2, 0) is 6.42 Å². The monoisotopic (exact) mass is 596 g/mol. The highest BCUT2D eigenvalue weighted by Gasteiger charge is 2.16. The smallest absolute Gasteiger partial charge is 0.167 e. The maximum Gasteiger partial charge on any atom is 0.167 e. The fourth-order valence-electron chi connectivity index (χ4n) is 5.79. The van der Waals surface area contributed by atoms with Crippen molar-refractivity contribution < 1.29 is 13.5 Å². The van der Waals surface area contributed by atoms with Gasteiger partial charge in [-0.05, 0) is 59.2 Å². The molecule has 4 aromatic carbocycles. The number of rotatable bonds is 19. The van der Waals surface area contributed by atoms with Crippen LogP contribution in [-0.4, -0.2) is 6.61 Å². The summed E-state index contributed by atoms with van der Waals surface area (Å²) in [6, 6.07) is 27.0. The van der Waals surface area contributed by atoms with E-state index in [1.165, 1.54) is 82.6 Å². The molecule has 0 N–H and O–H groups in total. The van der Waals surface area contributed by atoms with Crippen molar-refractivity contribution in [3.63, 3.8) is 0 Å². The Balaban J connectivity index is 1.31.